The topological polar surface area (TPSA) is 27.7 Å². The lowest BCUT2D eigenvalue weighted by Crippen LogP contribution is -2.50. The second-order valence-electron chi connectivity index (χ2n) is 11.0. The van der Waals surface area contributed by atoms with Crippen molar-refractivity contribution in [1.82, 2.24) is 0 Å². The van der Waals surface area contributed by atoms with Gasteiger partial charge in [0, 0.05) is 12.5 Å². The molecule has 0 amide bonds. The highest BCUT2D eigenvalue weighted by molar-refractivity contribution is 8.18. The van der Waals surface area contributed by atoms with E-state index in [9.17, 15) is 0 Å². The van der Waals surface area contributed by atoms with Gasteiger partial charge < -0.3 is 13.9 Å². The smallest absolute Gasteiger partial charge is 0.192 e. The maximum absolute atomic E-state index is 7.19. The zero-order valence-electron chi connectivity index (χ0n) is 19.2. The Kier molecular flexibility index (Phi) is 6.38. The van der Waals surface area contributed by atoms with Gasteiger partial charge in [0.2, 0.25) is 0 Å². The summed E-state index contributed by atoms with van der Waals surface area (Å²) in [5.74, 6) is 4.06. The number of thioether (sulfide) groups is 2. The Balaban J connectivity index is 1.66. The molecule has 0 radical (unpaired) electrons. The maximum atomic E-state index is 7.19. The molecule has 1 heterocycles. The molecule has 3 aliphatic carbocycles. The minimum absolute atomic E-state index is 0.189. The van der Waals surface area contributed by atoms with Crippen molar-refractivity contribution in [3.05, 3.63) is 12.2 Å². The Hall–Kier alpha value is 0.537. The third-order valence-electron chi connectivity index (χ3n) is 8.39. The average molecular weight is 457 g/mol. The first-order valence-electron chi connectivity index (χ1n) is 11.4. The van der Waals surface area contributed by atoms with E-state index in [0.29, 0.717) is 22.9 Å². The van der Waals surface area contributed by atoms with Crippen molar-refractivity contribution >= 4 is 31.8 Å². The summed E-state index contributed by atoms with van der Waals surface area (Å²) in [6.45, 7) is 12.4. The second-order valence-corrected chi connectivity index (χ2v) is 18.8. The Bertz CT molecular complexity index is 626. The molecule has 0 aromatic rings. The molecule has 0 unspecified atom stereocenters. The van der Waals surface area contributed by atoms with Gasteiger partial charge in [0.1, 0.15) is 6.79 Å². The third kappa shape index (κ3) is 3.82. The molecule has 0 N–H and O–H groups in total. The van der Waals surface area contributed by atoms with E-state index in [0.717, 1.165) is 12.3 Å². The van der Waals surface area contributed by atoms with Crippen LogP contribution in [0.1, 0.15) is 52.9 Å². The number of hydrogen-bond donors (Lipinski definition) is 0. The van der Waals surface area contributed by atoms with Crippen LogP contribution in [0.3, 0.4) is 0 Å². The van der Waals surface area contributed by atoms with Crippen molar-refractivity contribution in [2.24, 2.45) is 17.3 Å². The maximum Gasteiger partial charge on any atom is 0.192 e. The molecule has 5 atom stereocenters. The van der Waals surface area contributed by atoms with Gasteiger partial charge >= 0.3 is 0 Å². The van der Waals surface area contributed by atoms with E-state index >= 15 is 0 Å². The van der Waals surface area contributed by atoms with E-state index in [1.807, 2.05) is 0 Å². The van der Waals surface area contributed by atoms with Crippen LogP contribution >= 0.6 is 23.5 Å². The van der Waals surface area contributed by atoms with Crippen molar-refractivity contribution in [2.45, 2.75) is 87.3 Å². The summed E-state index contributed by atoms with van der Waals surface area (Å²) in [6.07, 6.45) is 11.8. The van der Waals surface area contributed by atoms with Crippen LogP contribution in [0.5, 0.6) is 0 Å². The first-order chi connectivity index (χ1) is 13.6. The summed E-state index contributed by atoms with van der Waals surface area (Å²) >= 11 is 4.55. The number of rotatable bonds is 5. The molecule has 3 fully saturated rings. The summed E-state index contributed by atoms with van der Waals surface area (Å²) in [6, 6.07) is 0. The predicted molar refractivity (Wildman–Crippen MR) is 128 cm³/mol. The Morgan fingerprint density at radius 3 is 2.52 bits per heavy atom. The lowest BCUT2D eigenvalue weighted by Gasteiger charge is -2.48. The van der Waals surface area contributed by atoms with Crippen LogP contribution in [0.2, 0.25) is 18.1 Å². The second kappa shape index (κ2) is 8.15. The highest BCUT2D eigenvalue weighted by atomic mass is 32.2. The standard InChI is InChI=1S/C23H40O3S2Si/c1-21(2,3)29(5,6)26-20-9-8-19-22(20)11-10-18(25-16-24-4)14-17(22)15-23(19)27-12-7-13-28-23/h10-11,17-20H,7-9,12-16H2,1-6H3/t17-,18-,19+,20-,22+/m1/s1. The van der Waals surface area contributed by atoms with Gasteiger partial charge in [-0.1, -0.05) is 32.9 Å². The van der Waals surface area contributed by atoms with Crippen LogP contribution in [0.25, 0.3) is 0 Å². The molecular formula is C23H40O3S2Si. The van der Waals surface area contributed by atoms with Gasteiger partial charge in [0.15, 0.2) is 8.32 Å². The molecule has 0 bridgehead atoms. The first kappa shape index (κ1) is 22.7. The van der Waals surface area contributed by atoms with Crippen LogP contribution in [0, 0.1) is 17.3 Å². The zero-order valence-corrected chi connectivity index (χ0v) is 21.8. The van der Waals surface area contributed by atoms with Crippen molar-refractivity contribution < 1.29 is 13.9 Å². The fourth-order valence-corrected chi connectivity index (χ4v) is 11.4. The minimum atomic E-state index is -1.81. The van der Waals surface area contributed by atoms with Gasteiger partial charge in [-0.25, -0.2) is 0 Å². The highest BCUT2D eigenvalue weighted by Crippen LogP contribution is 2.72. The molecule has 0 aromatic carbocycles. The molecule has 1 aliphatic heterocycles. The lowest BCUT2D eigenvalue weighted by atomic mass is 9.67. The van der Waals surface area contributed by atoms with E-state index in [2.05, 4.69) is 69.5 Å². The average Bonchev–Trinajstić information content (AvgIpc) is 3.13. The minimum Gasteiger partial charge on any atom is -0.413 e. The largest absolute Gasteiger partial charge is 0.413 e. The van der Waals surface area contributed by atoms with E-state index in [-0.39, 0.29) is 16.6 Å². The monoisotopic (exact) mass is 456 g/mol. The van der Waals surface area contributed by atoms with Gasteiger partial charge in [-0.05, 0) is 73.6 Å². The van der Waals surface area contributed by atoms with Gasteiger partial charge in [-0.15, -0.1) is 23.5 Å². The molecule has 166 valence electrons. The molecule has 4 aliphatic rings. The third-order valence-corrected chi connectivity index (χ3v) is 16.4. The molecule has 1 saturated heterocycles. The number of fused-ring (bicyclic) bond motifs is 1. The SMILES string of the molecule is COCO[C@@H]1C=C[C@]23[C@H](C1)CC1(SCCCS1)[C@H]2CC[C@H]3O[Si](C)(C)C(C)(C)C. The summed E-state index contributed by atoms with van der Waals surface area (Å²) in [4.78, 5) is 0. The van der Waals surface area contributed by atoms with Crippen molar-refractivity contribution in [1.29, 1.82) is 0 Å². The molecule has 2 spiro atoms. The normalized spacial score (nSPS) is 39.0. The fraction of sp³-hybridized carbons (Fsp3) is 0.913. The molecule has 29 heavy (non-hydrogen) atoms. The van der Waals surface area contributed by atoms with Crippen molar-refractivity contribution in [3.8, 4) is 0 Å². The fourth-order valence-electron chi connectivity index (χ4n) is 6.02. The summed E-state index contributed by atoms with van der Waals surface area (Å²) in [7, 11) is -0.0968. The number of methoxy groups -OCH3 is 1. The highest BCUT2D eigenvalue weighted by Gasteiger charge is 2.68. The van der Waals surface area contributed by atoms with Gasteiger partial charge in [-0.3, -0.25) is 0 Å². The Labute approximate surface area is 187 Å². The van der Waals surface area contributed by atoms with E-state index in [1.165, 1.54) is 37.2 Å². The van der Waals surface area contributed by atoms with Crippen LogP contribution in [0.15, 0.2) is 12.2 Å². The van der Waals surface area contributed by atoms with Gasteiger partial charge in [-0.2, -0.15) is 0 Å². The zero-order chi connectivity index (χ0) is 20.9. The molecule has 3 nitrogen and oxygen atoms in total. The van der Waals surface area contributed by atoms with Crippen LogP contribution in [0.4, 0.5) is 0 Å². The number of hydrogen-bond acceptors (Lipinski definition) is 5. The quantitative estimate of drug-likeness (QED) is 0.275. The molecule has 6 heteroatoms. The van der Waals surface area contributed by atoms with Crippen LogP contribution in [-0.2, 0) is 13.9 Å². The summed E-state index contributed by atoms with van der Waals surface area (Å²) in [5, 5.41) is 0.254. The molecular weight excluding hydrogens is 416 g/mol. The Morgan fingerprint density at radius 2 is 1.86 bits per heavy atom. The summed E-state index contributed by atoms with van der Waals surface area (Å²) in [5.41, 5.74) is 0.208. The molecule has 2 saturated carbocycles. The summed E-state index contributed by atoms with van der Waals surface area (Å²) < 4.78 is 18.8. The lowest BCUT2D eigenvalue weighted by molar-refractivity contribution is -0.0744. The molecule has 4 rings (SSSR count). The van der Waals surface area contributed by atoms with Crippen molar-refractivity contribution in [3.63, 3.8) is 0 Å². The van der Waals surface area contributed by atoms with Crippen LogP contribution < -0.4 is 0 Å². The van der Waals surface area contributed by atoms with Crippen LogP contribution in [-0.4, -0.2) is 50.0 Å². The number of ether oxygens (including phenoxy) is 2. The predicted octanol–water partition coefficient (Wildman–Crippen LogP) is 6.31. The van der Waals surface area contributed by atoms with Gasteiger partial charge in [0.25, 0.3) is 0 Å². The first-order valence-corrected chi connectivity index (χ1v) is 16.3. The molecule has 0 aromatic heterocycles. The van der Waals surface area contributed by atoms with E-state index < -0.39 is 8.32 Å². The van der Waals surface area contributed by atoms with Crippen molar-refractivity contribution in [2.75, 3.05) is 25.4 Å². The Morgan fingerprint density at radius 1 is 1.14 bits per heavy atom. The van der Waals surface area contributed by atoms with E-state index in [1.54, 1.807) is 7.11 Å². The van der Waals surface area contributed by atoms with E-state index in [4.69, 9.17) is 13.9 Å². The van der Waals surface area contributed by atoms with Gasteiger partial charge in [0.05, 0.1) is 16.3 Å².